The molecule has 0 amide bonds. The van der Waals surface area contributed by atoms with E-state index in [4.69, 9.17) is 39.3 Å². The van der Waals surface area contributed by atoms with Gasteiger partial charge >= 0.3 is 5.97 Å². The van der Waals surface area contributed by atoms with Gasteiger partial charge in [0.2, 0.25) is 0 Å². The quantitative estimate of drug-likeness (QED) is 0.0623. The van der Waals surface area contributed by atoms with E-state index in [2.05, 4.69) is 72.5 Å². The lowest BCUT2D eigenvalue weighted by Crippen LogP contribution is -2.63. The summed E-state index contributed by atoms with van der Waals surface area (Å²) in [6, 6.07) is 18.8. The van der Waals surface area contributed by atoms with E-state index < -0.39 is 42.6 Å². The maximum atomic E-state index is 11.9. The number of rotatable bonds is 16. The number of pyridine rings is 1. The first-order valence-corrected chi connectivity index (χ1v) is 31.1. The summed E-state index contributed by atoms with van der Waals surface area (Å²) in [5, 5.41) is 70.8. The molecule has 0 radical (unpaired) electrons. The Morgan fingerprint density at radius 3 is 1.71 bits per heavy atom. The van der Waals surface area contributed by atoms with E-state index in [0.29, 0.717) is 42.6 Å². The molecule has 1 unspecified atom stereocenters. The highest BCUT2D eigenvalue weighted by atomic mass is 16.6. The first-order valence-electron chi connectivity index (χ1n) is 31.1. The number of likely N-dealkylation sites (N-methyl/N-ethyl adjacent to an activating group) is 1. The molecular weight excluding hydrogens is 1080 g/mol. The topological polar surface area (TPSA) is 256 Å². The minimum absolute atomic E-state index is 0. The minimum Gasteiger partial charge on any atom is -0.459 e. The maximum Gasteiger partial charge on any atom is 0.338 e. The van der Waals surface area contributed by atoms with Gasteiger partial charge in [-0.05, 0) is 113 Å². The normalized spacial score (nSPS) is 32.5. The fraction of sp³-hybridized carbons (Fsp3) is 0.735. The molecule has 1 aromatic heterocycles. The van der Waals surface area contributed by atoms with Gasteiger partial charge in [-0.15, -0.1) is 0 Å². The molecule has 17 heteroatoms. The Kier molecular flexibility index (Phi) is 34.8. The number of aliphatic hydroxyl groups is 7. The fourth-order valence-electron chi connectivity index (χ4n) is 11.3. The predicted octanol–water partition coefficient (Wildman–Crippen LogP) is 8.98. The Bertz CT molecular complexity index is 2300. The molecule has 9 N–H and O–H groups in total. The van der Waals surface area contributed by atoms with E-state index in [1.807, 2.05) is 110 Å². The highest BCUT2D eigenvalue weighted by molar-refractivity contribution is 5.89. The number of hydrogen-bond donors (Lipinski definition) is 8. The van der Waals surface area contributed by atoms with Crippen molar-refractivity contribution >= 4 is 22.9 Å². The second kappa shape index (κ2) is 38.1. The maximum absolute atomic E-state index is 11.9. The van der Waals surface area contributed by atoms with E-state index in [-0.39, 0.29) is 105 Å². The molecule has 20 atom stereocenters. The summed E-state index contributed by atoms with van der Waals surface area (Å²) in [7, 11) is 3.96. The van der Waals surface area contributed by atoms with Gasteiger partial charge in [0.1, 0.15) is 18.8 Å². The molecule has 488 valence electrons. The lowest BCUT2D eigenvalue weighted by Gasteiger charge is -2.47. The monoisotopic (exact) mass is 1200 g/mol. The molecule has 5 heterocycles. The van der Waals surface area contributed by atoms with Gasteiger partial charge < -0.3 is 74.8 Å². The SMILES string of the molecule is C.CC(C)[C@@H]1O[C@H](C)C[C@H](C)[C@H]1O.CC(C)[C@@H]1O[C@H](C)[C@@H](OC/C=C/c2cnc3ccccc3c2)[C@H](N(C)C)[C@H]1O.CC(C)[C@@H]1O[C@H](CN)[C@@H](O)[C@H](C)[C@H]1O.CC(C)[C@@H]1O[C@H](COC(=O)c2ccccc2)[C@@H](O)[C@H](C)[C@H]1O.CCC(O)CC(C)C. The van der Waals surface area contributed by atoms with Crippen molar-refractivity contribution in [1.82, 2.24) is 9.88 Å². The van der Waals surface area contributed by atoms with Crippen molar-refractivity contribution in [1.29, 1.82) is 0 Å². The van der Waals surface area contributed by atoms with Crippen molar-refractivity contribution in [3.05, 3.63) is 84.1 Å². The second-order valence-corrected chi connectivity index (χ2v) is 25.9. The van der Waals surface area contributed by atoms with Gasteiger partial charge in [0.25, 0.3) is 0 Å². The number of benzene rings is 2. The molecule has 17 nitrogen and oxygen atoms in total. The van der Waals surface area contributed by atoms with Gasteiger partial charge in [-0.2, -0.15) is 0 Å². The van der Waals surface area contributed by atoms with Gasteiger partial charge in [0.05, 0.1) is 109 Å². The smallest absolute Gasteiger partial charge is 0.338 e. The number of carbonyl (C=O) groups is 1. The van der Waals surface area contributed by atoms with Crippen LogP contribution in [0.15, 0.2) is 72.9 Å². The number of aliphatic hydroxyl groups excluding tert-OH is 7. The van der Waals surface area contributed by atoms with Gasteiger partial charge in [-0.1, -0.05) is 153 Å². The predicted molar refractivity (Wildman–Crippen MR) is 340 cm³/mol. The zero-order valence-corrected chi connectivity index (χ0v) is 54.1. The van der Waals surface area contributed by atoms with Crippen LogP contribution in [0, 0.1) is 47.3 Å². The van der Waals surface area contributed by atoms with Crippen molar-refractivity contribution in [2.45, 2.75) is 241 Å². The minimum atomic E-state index is -0.867. The summed E-state index contributed by atoms with van der Waals surface area (Å²) in [4.78, 5) is 18.5. The number of ether oxygens (including phenoxy) is 6. The Morgan fingerprint density at radius 2 is 1.20 bits per heavy atom. The summed E-state index contributed by atoms with van der Waals surface area (Å²) in [6.07, 6.45) is 3.20. The van der Waals surface area contributed by atoms with Crippen LogP contribution in [0.25, 0.3) is 17.0 Å². The Hall–Kier alpha value is -3.50. The third-order valence-electron chi connectivity index (χ3n) is 16.5. The molecule has 4 saturated heterocycles. The number of fused-ring (bicyclic) bond motifs is 1. The Balaban J connectivity index is 0.000000385. The largest absolute Gasteiger partial charge is 0.459 e. The second-order valence-electron chi connectivity index (χ2n) is 25.9. The zero-order valence-electron chi connectivity index (χ0n) is 54.1. The van der Waals surface area contributed by atoms with Crippen molar-refractivity contribution in [2.24, 2.45) is 53.1 Å². The molecule has 0 aliphatic carbocycles. The van der Waals surface area contributed by atoms with Crippen molar-refractivity contribution in [3.8, 4) is 0 Å². The van der Waals surface area contributed by atoms with E-state index in [1.54, 1.807) is 31.2 Å². The lowest BCUT2D eigenvalue weighted by molar-refractivity contribution is -0.217. The summed E-state index contributed by atoms with van der Waals surface area (Å²) < 4.78 is 34.5. The molecule has 4 aliphatic rings. The van der Waals surface area contributed by atoms with Gasteiger partial charge in [0, 0.05) is 30.0 Å². The first-order chi connectivity index (χ1) is 39.5. The fourth-order valence-corrected chi connectivity index (χ4v) is 11.3. The van der Waals surface area contributed by atoms with Crippen LogP contribution >= 0.6 is 0 Å². The Morgan fingerprint density at radius 1 is 0.694 bits per heavy atom. The number of nitrogens with zero attached hydrogens (tertiary/aromatic N) is 2. The summed E-state index contributed by atoms with van der Waals surface area (Å²) in [5.41, 5.74) is 7.99. The molecule has 85 heavy (non-hydrogen) atoms. The molecule has 0 saturated carbocycles. The first kappa shape index (κ1) is 77.6. The zero-order chi connectivity index (χ0) is 63.3. The van der Waals surface area contributed by atoms with Crippen molar-refractivity contribution in [3.63, 3.8) is 0 Å². The Labute approximate surface area is 512 Å². The van der Waals surface area contributed by atoms with E-state index in [0.717, 1.165) is 35.7 Å². The standard InChI is InChI=1S/C23H32N2O3.C17H24O5.C10H21NO3.C10H20O2.C7H16O.CH4/c1-15(2)22-21(26)20(25(4)5)23(16(3)28-22)27-12-8-9-17-13-18-10-6-7-11-19(18)24-14-17;1-10(2)16-15(19)11(3)14(18)13(22-16)9-21-17(20)12-7-5-4-6-8-12;1-5(2)10-9(13)6(3)8(12)7(4-11)14-10;1-6(2)10-9(11)7(3)5-8(4)12-10;1-4-7(8)5-6(2)3;/h6-11,13-16,20-23,26H,12H2,1-5H3;4-8,10-11,13-16,18-19H,9H2,1-3H3;5-10,12-13H,4,11H2,1-3H3;6-11H,5H2,1-4H3;6-8H,4-5H2,1-3H3;1H4/b9-8+;;;;;/t16-,20-,21-,22+,23-;11-,13+,14-,15+,16-;6-,7+,8-,9+,10-;7-,8+,9+,10-;;/m1000../s1. The molecule has 0 bridgehead atoms. The molecule has 0 spiro atoms. The van der Waals surface area contributed by atoms with Crippen LogP contribution in [-0.4, -0.2) is 189 Å². The van der Waals surface area contributed by atoms with Crippen LogP contribution in [0.1, 0.15) is 153 Å². The molecule has 3 aromatic rings. The van der Waals surface area contributed by atoms with Crippen LogP contribution < -0.4 is 5.73 Å². The van der Waals surface area contributed by atoms with Crippen LogP contribution in [0.4, 0.5) is 0 Å². The average Bonchev–Trinajstić information content (AvgIpc) is 3.45. The van der Waals surface area contributed by atoms with Crippen LogP contribution in [0.2, 0.25) is 0 Å². The number of aromatic nitrogens is 1. The number of esters is 1. The van der Waals surface area contributed by atoms with Crippen molar-refractivity contribution in [2.75, 3.05) is 33.9 Å². The van der Waals surface area contributed by atoms with E-state index >= 15 is 0 Å². The number of para-hydroxylation sites is 1. The number of nitrogens with two attached hydrogens (primary N) is 1. The van der Waals surface area contributed by atoms with Crippen molar-refractivity contribution < 1.29 is 69.0 Å². The highest BCUT2D eigenvalue weighted by Gasteiger charge is 2.47. The third kappa shape index (κ3) is 23.8. The van der Waals surface area contributed by atoms with E-state index in [9.17, 15) is 35.4 Å². The van der Waals surface area contributed by atoms with Crippen LogP contribution in [-0.2, 0) is 28.4 Å². The number of carbonyl (C=O) groups excluding carboxylic acids is 1. The summed E-state index contributed by atoms with van der Waals surface area (Å²) in [5.74, 6) is 1.05. The van der Waals surface area contributed by atoms with Crippen LogP contribution in [0.5, 0.6) is 0 Å². The summed E-state index contributed by atoms with van der Waals surface area (Å²) in [6.45, 7) is 33.0. The summed E-state index contributed by atoms with van der Waals surface area (Å²) >= 11 is 0. The molecule has 4 fully saturated rings. The molecule has 7 rings (SSSR count). The van der Waals surface area contributed by atoms with Crippen LogP contribution in [0.3, 0.4) is 0 Å². The average molecular weight is 1200 g/mol. The molecular formula is C68H117N3O14. The van der Waals surface area contributed by atoms with E-state index in [1.165, 1.54) is 0 Å². The third-order valence-corrected chi connectivity index (χ3v) is 16.5. The van der Waals surface area contributed by atoms with Gasteiger partial charge in [-0.25, -0.2) is 4.79 Å². The number of hydrogen-bond acceptors (Lipinski definition) is 17. The molecule has 4 aliphatic heterocycles. The highest BCUT2D eigenvalue weighted by Crippen LogP contribution is 2.33. The lowest BCUT2D eigenvalue weighted by atomic mass is 9.84. The molecule has 2 aromatic carbocycles. The van der Waals surface area contributed by atoms with Gasteiger partial charge in [0.15, 0.2) is 0 Å². The van der Waals surface area contributed by atoms with Gasteiger partial charge in [-0.3, -0.25) is 4.98 Å².